The zero-order valence-corrected chi connectivity index (χ0v) is 27.4. The van der Waals surface area contributed by atoms with Gasteiger partial charge in [-0.3, -0.25) is 14.2 Å². The molecule has 4 aromatic rings. The highest BCUT2D eigenvalue weighted by Crippen LogP contribution is 2.32. The molecule has 2 amide bonds. The van der Waals surface area contributed by atoms with Gasteiger partial charge in [0, 0.05) is 30.4 Å². The van der Waals surface area contributed by atoms with Gasteiger partial charge in [0.25, 0.3) is 5.91 Å². The average Bonchev–Trinajstić information content (AvgIpc) is 3.45. The Bertz CT molecular complexity index is 1750. The van der Waals surface area contributed by atoms with Crippen molar-refractivity contribution < 1.29 is 27.5 Å². The van der Waals surface area contributed by atoms with Gasteiger partial charge in [-0.2, -0.15) is 4.31 Å². The molecule has 1 aromatic heterocycles. The Labute approximate surface area is 267 Å². The summed E-state index contributed by atoms with van der Waals surface area (Å²) >= 11 is 1.17. The average molecular weight is 653 g/mol. The van der Waals surface area contributed by atoms with Crippen molar-refractivity contribution in [3.05, 3.63) is 83.7 Å². The third-order valence-corrected chi connectivity index (χ3v) is 9.82. The van der Waals surface area contributed by atoms with Crippen molar-refractivity contribution in [2.45, 2.75) is 37.4 Å². The Morgan fingerprint density at radius 1 is 0.956 bits per heavy atom. The van der Waals surface area contributed by atoms with E-state index in [1.807, 2.05) is 31.2 Å². The van der Waals surface area contributed by atoms with Crippen LogP contribution < -0.4 is 20.1 Å². The smallest absolute Gasteiger partial charge is 0.251 e. The molecule has 0 unspecified atom stereocenters. The first-order chi connectivity index (χ1) is 21.6. The summed E-state index contributed by atoms with van der Waals surface area (Å²) in [4.78, 5) is 26.0. The minimum absolute atomic E-state index is 0.0260. The Morgan fingerprint density at radius 2 is 1.69 bits per heavy atom. The second-order valence-corrected chi connectivity index (χ2v) is 12.7. The number of ether oxygens (including phenoxy) is 2. The van der Waals surface area contributed by atoms with E-state index in [-0.39, 0.29) is 28.7 Å². The molecule has 0 radical (unpaired) electrons. The molecule has 4 rings (SSSR count). The first-order valence-electron chi connectivity index (χ1n) is 14.2. The molecule has 2 N–H and O–H groups in total. The maximum absolute atomic E-state index is 13.1. The molecule has 1 heterocycles. The standard InChI is InChI=1S/C31H36N6O6S2/c1-6-36(7-2)45(40,41)25-14-11-22(12-15-25)30(39)32-19-28-34-35-31(37(28)26-18-24(42-4)13-16-27(26)43-5)44-20-29(38)33-23-10-8-9-21(3)17-23/h8-18H,6-7,19-20H2,1-5H3,(H,32,39)(H,33,38). The molecule has 0 aliphatic heterocycles. The Balaban J connectivity index is 1.56. The summed E-state index contributed by atoms with van der Waals surface area (Å²) in [6, 6.07) is 18.5. The van der Waals surface area contributed by atoms with Gasteiger partial charge in [0.15, 0.2) is 11.0 Å². The topological polar surface area (TPSA) is 145 Å². The Morgan fingerprint density at radius 3 is 2.33 bits per heavy atom. The van der Waals surface area contributed by atoms with Crippen LogP contribution >= 0.6 is 11.8 Å². The monoisotopic (exact) mass is 652 g/mol. The number of nitrogens with one attached hydrogen (secondary N) is 2. The minimum atomic E-state index is -3.65. The molecule has 0 aliphatic rings. The number of hydrogen-bond donors (Lipinski definition) is 2. The Kier molecular flexibility index (Phi) is 11.2. The number of hydrogen-bond acceptors (Lipinski definition) is 9. The lowest BCUT2D eigenvalue weighted by atomic mass is 10.2. The molecule has 0 bridgehead atoms. The maximum atomic E-state index is 13.1. The summed E-state index contributed by atoms with van der Waals surface area (Å²) < 4.78 is 39.7. The zero-order valence-electron chi connectivity index (χ0n) is 25.7. The lowest BCUT2D eigenvalue weighted by Gasteiger charge is -2.18. The number of anilines is 1. The molecule has 0 saturated heterocycles. The van der Waals surface area contributed by atoms with Crippen molar-refractivity contribution in [1.29, 1.82) is 0 Å². The van der Waals surface area contributed by atoms with Crippen LogP contribution in [0.4, 0.5) is 5.69 Å². The van der Waals surface area contributed by atoms with Crippen LogP contribution in [0.2, 0.25) is 0 Å². The van der Waals surface area contributed by atoms with E-state index in [1.165, 1.54) is 47.4 Å². The van der Waals surface area contributed by atoms with Crippen LogP contribution in [0, 0.1) is 6.92 Å². The van der Waals surface area contributed by atoms with Crippen molar-refractivity contribution >= 4 is 39.3 Å². The number of carbonyl (C=O) groups is 2. The van der Waals surface area contributed by atoms with Gasteiger partial charge in [0.05, 0.1) is 37.1 Å². The fourth-order valence-corrected chi connectivity index (χ4v) is 6.75. The van der Waals surface area contributed by atoms with Crippen molar-refractivity contribution in [2.24, 2.45) is 0 Å². The number of aromatic nitrogens is 3. The second-order valence-electron chi connectivity index (χ2n) is 9.77. The van der Waals surface area contributed by atoms with E-state index >= 15 is 0 Å². The predicted octanol–water partition coefficient (Wildman–Crippen LogP) is 4.28. The van der Waals surface area contributed by atoms with E-state index in [2.05, 4.69) is 20.8 Å². The summed E-state index contributed by atoms with van der Waals surface area (Å²) in [5.74, 6) is 0.826. The number of amides is 2. The van der Waals surface area contributed by atoms with Crippen molar-refractivity contribution in [3.8, 4) is 17.2 Å². The van der Waals surface area contributed by atoms with E-state index in [1.54, 1.807) is 43.7 Å². The number of sulfonamides is 1. The van der Waals surface area contributed by atoms with E-state index in [0.29, 0.717) is 46.9 Å². The van der Waals surface area contributed by atoms with Gasteiger partial charge in [0.2, 0.25) is 15.9 Å². The molecule has 0 spiro atoms. The highest BCUT2D eigenvalue weighted by atomic mass is 32.2. The summed E-state index contributed by atoms with van der Waals surface area (Å²) in [6.45, 7) is 6.15. The molecule has 0 fully saturated rings. The number of aryl methyl sites for hydroxylation is 1. The largest absolute Gasteiger partial charge is 0.497 e. The van der Waals surface area contributed by atoms with Gasteiger partial charge in [-0.25, -0.2) is 8.42 Å². The molecule has 0 saturated carbocycles. The normalized spacial score (nSPS) is 11.3. The zero-order chi connectivity index (χ0) is 32.6. The maximum Gasteiger partial charge on any atom is 0.251 e. The van der Waals surface area contributed by atoms with Crippen LogP contribution in [0.5, 0.6) is 11.5 Å². The highest BCUT2D eigenvalue weighted by molar-refractivity contribution is 7.99. The van der Waals surface area contributed by atoms with Gasteiger partial charge in [0.1, 0.15) is 11.5 Å². The second kappa shape index (κ2) is 15.1. The van der Waals surface area contributed by atoms with Crippen molar-refractivity contribution in [2.75, 3.05) is 38.4 Å². The third-order valence-electron chi connectivity index (χ3n) is 6.83. The SMILES string of the molecule is CCN(CC)S(=O)(=O)c1ccc(C(=O)NCc2nnc(SCC(=O)Nc3cccc(C)c3)n2-c2cc(OC)ccc2OC)cc1. The van der Waals surface area contributed by atoms with Crippen LogP contribution in [0.15, 0.2) is 76.8 Å². The summed E-state index contributed by atoms with van der Waals surface area (Å²) in [5, 5.41) is 14.7. The minimum Gasteiger partial charge on any atom is -0.497 e. The van der Waals surface area contributed by atoms with Crippen LogP contribution in [0.25, 0.3) is 5.69 Å². The van der Waals surface area contributed by atoms with Crippen LogP contribution in [0.1, 0.15) is 35.6 Å². The molecule has 45 heavy (non-hydrogen) atoms. The quantitative estimate of drug-likeness (QED) is 0.191. The third kappa shape index (κ3) is 8.01. The van der Waals surface area contributed by atoms with E-state index in [0.717, 1.165) is 5.56 Å². The molecular weight excluding hydrogens is 617 g/mol. The van der Waals surface area contributed by atoms with Gasteiger partial charge >= 0.3 is 0 Å². The summed E-state index contributed by atoms with van der Waals surface area (Å²) in [7, 11) is -0.574. The highest BCUT2D eigenvalue weighted by Gasteiger charge is 2.23. The van der Waals surface area contributed by atoms with Crippen molar-refractivity contribution in [1.82, 2.24) is 24.4 Å². The van der Waals surface area contributed by atoms with Gasteiger partial charge < -0.3 is 20.1 Å². The van der Waals surface area contributed by atoms with E-state index < -0.39 is 15.9 Å². The van der Waals surface area contributed by atoms with E-state index in [4.69, 9.17) is 9.47 Å². The van der Waals surface area contributed by atoms with Gasteiger partial charge in [-0.15, -0.1) is 10.2 Å². The van der Waals surface area contributed by atoms with Crippen LogP contribution in [-0.2, 0) is 21.4 Å². The lowest BCUT2D eigenvalue weighted by molar-refractivity contribution is -0.113. The summed E-state index contributed by atoms with van der Waals surface area (Å²) in [6.07, 6.45) is 0. The molecular formula is C31H36N6O6S2. The molecule has 3 aromatic carbocycles. The molecule has 0 atom stereocenters. The number of thioether (sulfide) groups is 1. The summed E-state index contributed by atoms with van der Waals surface area (Å²) in [5.41, 5.74) is 2.55. The molecule has 14 heteroatoms. The van der Waals surface area contributed by atoms with Crippen LogP contribution in [-0.4, -0.2) is 72.4 Å². The lowest BCUT2D eigenvalue weighted by Crippen LogP contribution is -2.30. The van der Waals surface area contributed by atoms with Gasteiger partial charge in [-0.05, 0) is 61.0 Å². The first-order valence-corrected chi connectivity index (χ1v) is 16.6. The fraction of sp³-hybridized carbons (Fsp3) is 0.290. The number of nitrogens with zero attached hydrogens (tertiary/aromatic N) is 4. The number of carbonyl (C=O) groups excluding carboxylic acids is 2. The number of methoxy groups -OCH3 is 2. The Hall–Kier alpha value is -4.40. The predicted molar refractivity (Wildman–Crippen MR) is 173 cm³/mol. The molecule has 238 valence electrons. The molecule has 12 nitrogen and oxygen atoms in total. The van der Waals surface area contributed by atoms with E-state index in [9.17, 15) is 18.0 Å². The number of rotatable bonds is 14. The van der Waals surface area contributed by atoms with Crippen molar-refractivity contribution in [3.63, 3.8) is 0 Å². The van der Waals surface area contributed by atoms with Crippen LogP contribution in [0.3, 0.4) is 0 Å². The fourth-order valence-electron chi connectivity index (χ4n) is 4.52. The van der Waals surface area contributed by atoms with Gasteiger partial charge in [-0.1, -0.05) is 37.7 Å². The first kappa shape index (κ1) is 33.5. The molecule has 0 aliphatic carbocycles. The number of benzene rings is 3.